The summed E-state index contributed by atoms with van der Waals surface area (Å²) in [6.07, 6.45) is 5.06. The number of anilines is 1. The summed E-state index contributed by atoms with van der Waals surface area (Å²) in [5.74, 6) is 0.944. The highest BCUT2D eigenvalue weighted by molar-refractivity contribution is 6.82. The molecule has 2 rings (SSSR count). The fraction of sp³-hybridized carbons (Fsp3) is 0.538. The van der Waals surface area contributed by atoms with Crippen LogP contribution in [0.5, 0.6) is 0 Å². The van der Waals surface area contributed by atoms with E-state index >= 15 is 0 Å². The maximum absolute atomic E-state index is 4.66. The number of rotatable bonds is 5. The quantitative estimate of drug-likeness (QED) is 0.785. The molecular weight excluding hydrogens is 254 g/mol. The van der Waals surface area contributed by atoms with Crippen LogP contribution in [0.25, 0.3) is 11.2 Å². The molecule has 0 saturated heterocycles. The van der Waals surface area contributed by atoms with Crippen LogP contribution in [0, 0.1) is 0 Å². The van der Waals surface area contributed by atoms with E-state index in [9.17, 15) is 0 Å². The Balaban J connectivity index is 2.43. The lowest BCUT2D eigenvalue weighted by Gasteiger charge is -2.38. The molecular formula is C13H21N5Si. The van der Waals surface area contributed by atoms with Gasteiger partial charge in [0.05, 0.1) is 12.4 Å². The fourth-order valence-electron chi connectivity index (χ4n) is 2.63. The second kappa shape index (κ2) is 5.60. The van der Waals surface area contributed by atoms with E-state index < -0.39 is 8.24 Å². The van der Waals surface area contributed by atoms with Crippen molar-refractivity contribution in [3.05, 3.63) is 18.7 Å². The van der Waals surface area contributed by atoms with Crippen LogP contribution in [-0.4, -0.2) is 35.2 Å². The Kier molecular flexibility index (Phi) is 4.09. The highest BCUT2D eigenvalue weighted by Gasteiger charge is 2.33. The average molecular weight is 275 g/mol. The Morgan fingerprint density at radius 2 is 1.74 bits per heavy atom. The van der Waals surface area contributed by atoms with Crippen molar-refractivity contribution < 1.29 is 0 Å². The van der Waals surface area contributed by atoms with Crippen LogP contribution in [0.15, 0.2) is 18.7 Å². The Labute approximate surface area is 115 Å². The molecule has 5 nitrogen and oxygen atoms in total. The van der Waals surface area contributed by atoms with Gasteiger partial charge in [-0.1, -0.05) is 20.8 Å². The smallest absolute Gasteiger partial charge is 0.181 e. The monoisotopic (exact) mass is 275 g/mol. The third-order valence-corrected chi connectivity index (χ3v) is 9.84. The van der Waals surface area contributed by atoms with Crippen LogP contribution >= 0.6 is 0 Å². The van der Waals surface area contributed by atoms with Gasteiger partial charge in [-0.2, -0.15) is 0 Å². The zero-order valence-electron chi connectivity index (χ0n) is 12.1. The third-order valence-electron chi connectivity index (χ3n) is 4.24. The number of aromatic nitrogens is 4. The second-order valence-corrected chi connectivity index (χ2v) is 10.0. The minimum Gasteiger partial charge on any atom is -0.384 e. The Bertz CT molecular complexity index is 547. The first-order chi connectivity index (χ1) is 9.16. The van der Waals surface area contributed by atoms with Gasteiger partial charge in [-0.05, 0) is 25.2 Å². The molecule has 2 aromatic rings. The van der Waals surface area contributed by atoms with Crippen LogP contribution < -0.4 is 4.57 Å². The highest BCUT2D eigenvalue weighted by atomic mass is 28.3. The van der Waals surface area contributed by atoms with Gasteiger partial charge in [0.15, 0.2) is 13.9 Å². The zero-order valence-corrected chi connectivity index (χ0v) is 13.1. The SMILES string of the molecule is CC[Si](CC)(CC)N(C)c1cnc2ncncc2n1. The molecule has 0 bridgehead atoms. The molecule has 0 aliphatic carbocycles. The molecule has 0 spiro atoms. The van der Waals surface area contributed by atoms with Gasteiger partial charge in [0.25, 0.3) is 0 Å². The summed E-state index contributed by atoms with van der Waals surface area (Å²) in [5.41, 5.74) is 1.42. The van der Waals surface area contributed by atoms with Crippen molar-refractivity contribution >= 4 is 25.2 Å². The largest absolute Gasteiger partial charge is 0.384 e. The van der Waals surface area contributed by atoms with Crippen LogP contribution in [0.2, 0.25) is 18.1 Å². The number of nitrogens with zero attached hydrogens (tertiary/aromatic N) is 5. The Morgan fingerprint density at radius 1 is 1.05 bits per heavy atom. The Hall–Kier alpha value is -1.56. The van der Waals surface area contributed by atoms with E-state index in [0.29, 0.717) is 5.65 Å². The highest BCUT2D eigenvalue weighted by Crippen LogP contribution is 2.27. The molecule has 0 atom stereocenters. The lowest BCUT2D eigenvalue weighted by Crippen LogP contribution is -2.50. The van der Waals surface area contributed by atoms with Gasteiger partial charge in [-0.15, -0.1) is 0 Å². The zero-order chi connectivity index (χ0) is 13.9. The van der Waals surface area contributed by atoms with Gasteiger partial charge < -0.3 is 4.57 Å². The van der Waals surface area contributed by atoms with E-state index in [2.05, 4.69) is 52.3 Å². The third kappa shape index (κ3) is 2.44. The molecule has 102 valence electrons. The van der Waals surface area contributed by atoms with Crippen molar-refractivity contribution in [2.24, 2.45) is 0 Å². The van der Waals surface area contributed by atoms with Gasteiger partial charge in [0.2, 0.25) is 0 Å². The van der Waals surface area contributed by atoms with Crippen molar-refractivity contribution in [2.75, 3.05) is 11.6 Å². The van der Waals surface area contributed by atoms with Crippen molar-refractivity contribution in [1.82, 2.24) is 19.9 Å². The predicted molar refractivity (Wildman–Crippen MR) is 80.7 cm³/mol. The minimum absolute atomic E-state index is 0.656. The van der Waals surface area contributed by atoms with E-state index in [1.807, 2.05) is 6.20 Å². The van der Waals surface area contributed by atoms with Crippen LogP contribution in [0.1, 0.15) is 20.8 Å². The Morgan fingerprint density at radius 3 is 2.37 bits per heavy atom. The molecule has 0 fully saturated rings. The van der Waals surface area contributed by atoms with E-state index in [-0.39, 0.29) is 0 Å². The van der Waals surface area contributed by atoms with Gasteiger partial charge in [0.1, 0.15) is 17.7 Å². The normalized spacial score (nSPS) is 11.8. The van der Waals surface area contributed by atoms with E-state index in [4.69, 9.17) is 0 Å². The van der Waals surface area contributed by atoms with Crippen molar-refractivity contribution in [2.45, 2.75) is 38.9 Å². The predicted octanol–water partition coefficient (Wildman–Crippen LogP) is 2.86. The van der Waals surface area contributed by atoms with Gasteiger partial charge in [0, 0.05) is 0 Å². The molecule has 0 aliphatic heterocycles. The molecule has 0 radical (unpaired) electrons. The standard InChI is InChI=1S/C13H21N5Si/c1-5-19(6-2,7-3)18(4)12-9-15-13-11(17-12)8-14-10-16-13/h8-10H,5-7H2,1-4H3. The molecule has 0 aliphatic rings. The maximum Gasteiger partial charge on any atom is 0.181 e. The van der Waals surface area contributed by atoms with Gasteiger partial charge in [-0.3, -0.25) is 0 Å². The summed E-state index contributed by atoms with van der Waals surface area (Å²) in [6.45, 7) is 6.86. The molecule has 0 aromatic carbocycles. The fourth-order valence-corrected chi connectivity index (χ4v) is 6.15. The molecule has 19 heavy (non-hydrogen) atoms. The van der Waals surface area contributed by atoms with Crippen molar-refractivity contribution in [3.8, 4) is 0 Å². The maximum atomic E-state index is 4.66. The van der Waals surface area contributed by atoms with Crippen LogP contribution in [0.4, 0.5) is 5.82 Å². The number of hydrogen-bond donors (Lipinski definition) is 0. The lowest BCUT2D eigenvalue weighted by molar-refractivity contribution is 1.04. The molecule has 6 heteroatoms. The first-order valence-electron chi connectivity index (χ1n) is 6.83. The van der Waals surface area contributed by atoms with Crippen molar-refractivity contribution in [1.29, 1.82) is 0 Å². The van der Waals surface area contributed by atoms with Crippen LogP contribution in [-0.2, 0) is 0 Å². The summed E-state index contributed by atoms with van der Waals surface area (Å²) < 4.78 is 2.38. The summed E-state index contributed by atoms with van der Waals surface area (Å²) in [7, 11) is 0.696. The summed E-state index contributed by atoms with van der Waals surface area (Å²) in [5, 5.41) is 0. The summed E-state index contributed by atoms with van der Waals surface area (Å²) in [6, 6.07) is 3.67. The van der Waals surface area contributed by atoms with E-state index in [0.717, 1.165) is 11.3 Å². The summed E-state index contributed by atoms with van der Waals surface area (Å²) in [4.78, 5) is 17.2. The molecule has 2 heterocycles. The molecule has 0 saturated carbocycles. The molecule has 0 N–H and O–H groups in total. The van der Waals surface area contributed by atoms with E-state index in [1.165, 1.54) is 24.5 Å². The number of fused-ring (bicyclic) bond motifs is 1. The van der Waals surface area contributed by atoms with E-state index in [1.54, 1.807) is 6.20 Å². The lowest BCUT2D eigenvalue weighted by atomic mass is 10.5. The molecule has 0 unspecified atom stereocenters. The number of hydrogen-bond acceptors (Lipinski definition) is 5. The minimum atomic E-state index is -1.46. The summed E-state index contributed by atoms with van der Waals surface area (Å²) >= 11 is 0. The molecule has 2 aromatic heterocycles. The first kappa shape index (κ1) is 13.9. The van der Waals surface area contributed by atoms with Crippen molar-refractivity contribution in [3.63, 3.8) is 0 Å². The average Bonchev–Trinajstić information content (AvgIpc) is 2.49. The van der Waals surface area contributed by atoms with Crippen LogP contribution in [0.3, 0.4) is 0 Å². The second-order valence-electron chi connectivity index (χ2n) is 4.80. The topological polar surface area (TPSA) is 54.8 Å². The first-order valence-corrected chi connectivity index (χ1v) is 9.40. The van der Waals surface area contributed by atoms with Gasteiger partial charge >= 0.3 is 0 Å². The van der Waals surface area contributed by atoms with Gasteiger partial charge in [-0.25, -0.2) is 19.9 Å². The molecule has 0 amide bonds.